The van der Waals surface area contributed by atoms with E-state index >= 15 is 0 Å². The summed E-state index contributed by atoms with van der Waals surface area (Å²) in [6.07, 6.45) is 0. The zero-order valence-corrected chi connectivity index (χ0v) is 19.5. The van der Waals surface area contributed by atoms with Gasteiger partial charge in [-0.05, 0) is 48.1 Å². The number of anilines is 2. The molecule has 34 heavy (non-hydrogen) atoms. The van der Waals surface area contributed by atoms with Crippen molar-refractivity contribution in [2.75, 3.05) is 17.3 Å². The molecule has 0 saturated carbocycles. The summed E-state index contributed by atoms with van der Waals surface area (Å²) in [6.45, 7) is 1.87. The van der Waals surface area contributed by atoms with Gasteiger partial charge in [-0.3, -0.25) is 4.79 Å². The van der Waals surface area contributed by atoms with Gasteiger partial charge in [0.1, 0.15) is 22.0 Å². The lowest BCUT2D eigenvalue weighted by Gasteiger charge is -2.28. The molecule has 5 nitrogen and oxygen atoms in total. The smallest absolute Gasteiger partial charge is 0.345 e. The number of carbonyl (C=O) groups excluding carboxylic acids is 1. The predicted molar refractivity (Wildman–Crippen MR) is 132 cm³/mol. The summed E-state index contributed by atoms with van der Waals surface area (Å²) in [7, 11) is 1.86. The second-order valence-electron chi connectivity index (χ2n) is 8.11. The Bertz CT molecular complexity index is 1400. The molecule has 0 bridgehead atoms. The zero-order chi connectivity index (χ0) is 23.8. The molecule has 3 aromatic carbocycles. The van der Waals surface area contributed by atoms with E-state index in [1.165, 1.54) is 23.5 Å². The quantitative estimate of drug-likeness (QED) is 0.386. The summed E-state index contributed by atoms with van der Waals surface area (Å²) in [5.74, 6) is -0.684. The Kier molecular flexibility index (Phi) is 5.63. The third-order valence-corrected chi connectivity index (χ3v) is 7.29. The highest BCUT2D eigenvalue weighted by atomic mass is 32.1. The summed E-state index contributed by atoms with van der Waals surface area (Å²) in [4.78, 5) is 16.2. The van der Waals surface area contributed by atoms with Crippen LogP contribution in [0.4, 0.5) is 15.2 Å². The SMILES string of the molecule is CC1=C(C(=O)Nc2ccccc2)C(c2cccc(F)c2)[n+]2c(sc(-c3ccccc3)c2O)N1C. The van der Waals surface area contributed by atoms with Crippen LogP contribution in [-0.2, 0) is 4.79 Å². The summed E-state index contributed by atoms with van der Waals surface area (Å²) >= 11 is 1.43. The van der Waals surface area contributed by atoms with Crippen LogP contribution in [0.1, 0.15) is 18.5 Å². The van der Waals surface area contributed by atoms with Crippen LogP contribution in [0.15, 0.2) is 96.2 Å². The van der Waals surface area contributed by atoms with Gasteiger partial charge >= 0.3 is 11.0 Å². The van der Waals surface area contributed by atoms with E-state index in [0.29, 0.717) is 21.7 Å². The molecule has 0 fully saturated rings. The fourth-order valence-electron chi connectivity index (χ4n) is 4.28. The minimum atomic E-state index is -0.709. The molecule has 1 amide bonds. The highest BCUT2D eigenvalue weighted by molar-refractivity contribution is 7.18. The number of rotatable bonds is 4. The van der Waals surface area contributed by atoms with E-state index in [1.807, 2.05) is 79.5 Å². The summed E-state index contributed by atoms with van der Waals surface area (Å²) in [6, 6.07) is 24.2. The number of hydrogen-bond donors (Lipinski definition) is 2. The van der Waals surface area contributed by atoms with Crippen molar-refractivity contribution in [3.63, 3.8) is 0 Å². The van der Waals surface area contributed by atoms with E-state index in [1.54, 1.807) is 16.7 Å². The van der Waals surface area contributed by atoms with Gasteiger partial charge in [-0.15, -0.1) is 0 Å². The molecule has 0 radical (unpaired) electrons. The van der Waals surface area contributed by atoms with Crippen LogP contribution >= 0.6 is 11.3 Å². The molecule has 0 saturated heterocycles. The third-order valence-electron chi connectivity index (χ3n) is 6.02. The van der Waals surface area contributed by atoms with Gasteiger partial charge in [0.05, 0.1) is 7.05 Å². The molecule has 0 spiro atoms. The molecular formula is C27H23FN3O2S+. The van der Waals surface area contributed by atoms with Crippen molar-refractivity contribution in [3.05, 3.63) is 108 Å². The first-order chi connectivity index (χ1) is 16.5. The predicted octanol–water partition coefficient (Wildman–Crippen LogP) is 5.50. The van der Waals surface area contributed by atoms with Crippen molar-refractivity contribution in [1.82, 2.24) is 0 Å². The van der Waals surface area contributed by atoms with E-state index in [9.17, 15) is 14.3 Å². The van der Waals surface area contributed by atoms with Crippen LogP contribution in [0.2, 0.25) is 0 Å². The molecule has 1 atom stereocenters. The van der Waals surface area contributed by atoms with Gasteiger partial charge in [0, 0.05) is 11.3 Å². The molecule has 7 heteroatoms. The Labute approximate surface area is 201 Å². The highest BCUT2D eigenvalue weighted by Crippen LogP contribution is 2.44. The lowest BCUT2D eigenvalue weighted by atomic mass is 9.94. The van der Waals surface area contributed by atoms with E-state index in [4.69, 9.17) is 0 Å². The molecule has 170 valence electrons. The number of amides is 1. The minimum Gasteiger partial charge on any atom is -0.477 e. The van der Waals surface area contributed by atoms with E-state index < -0.39 is 11.9 Å². The molecule has 0 aliphatic carbocycles. The number of halogens is 1. The number of nitrogens with zero attached hydrogens (tertiary/aromatic N) is 2. The molecular weight excluding hydrogens is 449 g/mol. The average molecular weight is 473 g/mol. The topological polar surface area (TPSA) is 56.5 Å². The summed E-state index contributed by atoms with van der Waals surface area (Å²) in [5, 5.41) is 15.1. The number of hydrogen-bond acceptors (Lipinski definition) is 4. The fraction of sp³-hybridized carbons (Fsp3) is 0.111. The van der Waals surface area contributed by atoms with Gasteiger partial charge < -0.3 is 10.4 Å². The van der Waals surface area contributed by atoms with E-state index in [0.717, 1.165) is 16.4 Å². The number of nitrogens with one attached hydrogen (secondary N) is 1. The summed E-state index contributed by atoms with van der Waals surface area (Å²) in [5.41, 5.74) is 3.25. The van der Waals surface area contributed by atoms with Crippen molar-refractivity contribution in [2.24, 2.45) is 0 Å². The minimum absolute atomic E-state index is 0.0322. The first kappa shape index (κ1) is 21.9. The lowest BCUT2D eigenvalue weighted by molar-refractivity contribution is -0.695. The monoisotopic (exact) mass is 472 g/mol. The van der Waals surface area contributed by atoms with Crippen LogP contribution in [0, 0.1) is 5.82 Å². The van der Waals surface area contributed by atoms with Crippen LogP contribution in [0.5, 0.6) is 5.88 Å². The lowest BCUT2D eigenvalue weighted by Crippen LogP contribution is -2.50. The first-order valence-corrected chi connectivity index (χ1v) is 11.7. The number of allylic oxidation sites excluding steroid dienone is 1. The van der Waals surface area contributed by atoms with Gasteiger partial charge in [0.15, 0.2) is 6.04 Å². The maximum atomic E-state index is 14.3. The Morgan fingerprint density at radius 3 is 2.38 bits per heavy atom. The molecule has 1 unspecified atom stereocenters. The van der Waals surface area contributed by atoms with Gasteiger partial charge in [-0.25, -0.2) is 9.29 Å². The van der Waals surface area contributed by atoms with Gasteiger partial charge in [0.25, 0.3) is 5.91 Å². The molecule has 4 aromatic rings. The molecule has 1 aliphatic heterocycles. The Hall–Kier alpha value is -3.97. The zero-order valence-electron chi connectivity index (χ0n) is 18.7. The van der Waals surface area contributed by atoms with Crippen LogP contribution in [-0.4, -0.2) is 18.1 Å². The number of benzene rings is 3. The standard InChI is InChI=1S/C27H22FN3O2S/c1-17-22(25(32)29-21-14-7-4-8-15-21)23(19-12-9-13-20(28)16-19)31-26(33)24(34-27(31)30(17)2)18-10-5-3-6-11-18/h3-16,23H,1-2H3,(H-,29,32,33)/p+1. The van der Waals surface area contributed by atoms with Gasteiger partial charge in [0.2, 0.25) is 0 Å². The Balaban J connectivity index is 1.70. The number of aromatic hydroxyl groups is 1. The van der Waals surface area contributed by atoms with Crippen LogP contribution in [0.3, 0.4) is 0 Å². The maximum Gasteiger partial charge on any atom is 0.345 e. The largest absolute Gasteiger partial charge is 0.477 e. The van der Waals surface area contributed by atoms with Crippen molar-refractivity contribution < 1.29 is 18.9 Å². The first-order valence-electron chi connectivity index (χ1n) is 10.8. The normalized spacial score (nSPS) is 15.3. The average Bonchev–Trinajstić information content (AvgIpc) is 3.19. The van der Waals surface area contributed by atoms with Crippen LogP contribution < -0.4 is 14.8 Å². The number of aromatic nitrogens is 1. The highest BCUT2D eigenvalue weighted by Gasteiger charge is 2.45. The maximum absolute atomic E-state index is 14.3. The van der Waals surface area contributed by atoms with E-state index in [2.05, 4.69) is 5.32 Å². The number of fused-ring (bicyclic) bond motifs is 1. The molecule has 1 aliphatic rings. The van der Waals surface area contributed by atoms with Crippen molar-refractivity contribution in [1.29, 1.82) is 0 Å². The Morgan fingerprint density at radius 2 is 1.71 bits per heavy atom. The summed E-state index contributed by atoms with van der Waals surface area (Å²) < 4.78 is 16.0. The second-order valence-corrected chi connectivity index (χ2v) is 9.09. The number of thiazole rings is 1. The molecule has 2 N–H and O–H groups in total. The fourth-order valence-corrected chi connectivity index (χ4v) is 5.47. The number of carbonyl (C=O) groups is 1. The van der Waals surface area contributed by atoms with Crippen molar-refractivity contribution in [2.45, 2.75) is 13.0 Å². The van der Waals surface area contributed by atoms with Gasteiger partial charge in [-0.2, -0.15) is 4.57 Å². The van der Waals surface area contributed by atoms with Crippen LogP contribution in [0.25, 0.3) is 10.4 Å². The van der Waals surface area contributed by atoms with E-state index in [-0.39, 0.29) is 11.8 Å². The molecule has 2 heterocycles. The third kappa shape index (κ3) is 3.74. The van der Waals surface area contributed by atoms with Crippen molar-refractivity contribution >= 4 is 28.1 Å². The van der Waals surface area contributed by atoms with Gasteiger partial charge in [-0.1, -0.05) is 60.7 Å². The number of para-hydroxylation sites is 1. The Morgan fingerprint density at radius 1 is 1.03 bits per heavy atom. The van der Waals surface area contributed by atoms with Crippen molar-refractivity contribution in [3.8, 4) is 16.3 Å². The molecule has 5 rings (SSSR count). The second kappa shape index (κ2) is 8.76. The molecule has 1 aromatic heterocycles.